The lowest BCUT2D eigenvalue weighted by atomic mass is 9.99. The van der Waals surface area contributed by atoms with Crippen LogP contribution in [0.1, 0.15) is 28.4 Å². The summed E-state index contributed by atoms with van der Waals surface area (Å²) in [6, 6.07) is 1.81. The second-order valence-corrected chi connectivity index (χ2v) is 4.52. The van der Waals surface area contributed by atoms with Crippen molar-refractivity contribution in [1.29, 1.82) is 0 Å². The number of alkyl halides is 1. The molecule has 0 aliphatic carbocycles. The molecule has 18 heavy (non-hydrogen) atoms. The summed E-state index contributed by atoms with van der Waals surface area (Å²) in [5.74, 6) is -2.47. The number of benzene rings is 1. The zero-order chi connectivity index (χ0) is 13.9. The summed E-state index contributed by atoms with van der Waals surface area (Å²) < 4.78 is 0. The van der Waals surface area contributed by atoms with Gasteiger partial charge in [0.15, 0.2) is 0 Å². The number of phenols is 2. The van der Waals surface area contributed by atoms with Crippen molar-refractivity contribution in [3.63, 3.8) is 0 Å². The summed E-state index contributed by atoms with van der Waals surface area (Å²) in [6.45, 7) is 0. The van der Waals surface area contributed by atoms with Crippen LogP contribution < -0.4 is 0 Å². The maximum atomic E-state index is 10.7. The first kappa shape index (κ1) is 14.7. The molecular weight excluding hydrogens is 308 g/mol. The summed E-state index contributed by atoms with van der Waals surface area (Å²) in [7, 11) is 0. The smallest absolute Gasteiger partial charge is 0.335 e. The maximum absolute atomic E-state index is 10.7. The largest absolute Gasteiger partial charge is 0.507 e. The number of aliphatic hydroxyl groups is 2. The number of hydrogen-bond donors (Lipinski definition) is 5. The van der Waals surface area contributed by atoms with Gasteiger partial charge in [-0.05, 0) is 18.6 Å². The van der Waals surface area contributed by atoms with E-state index in [4.69, 9.17) is 5.11 Å². The molecule has 0 aliphatic rings. The van der Waals surface area contributed by atoms with Crippen LogP contribution in [0.15, 0.2) is 12.1 Å². The maximum Gasteiger partial charge on any atom is 0.335 e. The molecule has 100 valence electrons. The molecule has 0 saturated carbocycles. The van der Waals surface area contributed by atoms with E-state index in [1.54, 1.807) is 0 Å². The normalized spacial score (nSPS) is 14.2. The average Bonchev–Trinajstić information content (AvgIpc) is 2.27. The molecule has 1 aromatic rings. The summed E-state index contributed by atoms with van der Waals surface area (Å²) in [5.41, 5.74) is -0.593. The standard InChI is InChI=1S/C11H13BrO6/c12-2-1-6(13)10(16)9-7(14)3-5(11(17)18)4-8(9)15/h3-4,6,10,13-16H,1-2H2,(H,17,18). The molecule has 2 atom stereocenters. The van der Waals surface area contributed by atoms with E-state index in [0.717, 1.165) is 12.1 Å². The lowest BCUT2D eigenvalue weighted by molar-refractivity contribution is 0.0146. The van der Waals surface area contributed by atoms with Crippen molar-refractivity contribution in [2.75, 3.05) is 5.33 Å². The summed E-state index contributed by atoms with van der Waals surface area (Å²) in [4.78, 5) is 10.7. The number of aromatic carboxylic acids is 1. The minimum Gasteiger partial charge on any atom is -0.507 e. The van der Waals surface area contributed by atoms with Gasteiger partial charge in [0.05, 0.1) is 17.2 Å². The Morgan fingerprint density at radius 1 is 1.22 bits per heavy atom. The van der Waals surface area contributed by atoms with Gasteiger partial charge in [-0.1, -0.05) is 15.9 Å². The van der Waals surface area contributed by atoms with E-state index >= 15 is 0 Å². The molecule has 0 fully saturated rings. The average molecular weight is 321 g/mol. The molecule has 0 saturated heterocycles. The van der Waals surface area contributed by atoms with Crippen LogP contribution in [0, 0.1) is 0 Å². The summed E-state index contributed by atoms with van der Waals surface area (Å²) in [6.07, 6.45) is -2.47. The van der Waals surface area contributed by atoms with Gasteiger partial charge in [-0.15, -0.1) is 0 Å². The lowest BCUT2D eigenvalue weighted by Crippen LogP contribution is -2.19. The number of phenolic OH excluding ortho intramolecular Hbond substituents is 2. The Bertz CT molecular complexity index is 424. The first-order valence-corrected chi connectivity index (χ1v) is 6.22. The molecule has 0 aliphatic heterocycles. The van der Waals surface area contributed by atoms with Gasteiger partial charge in [-0.2, -0.15) is 0 Å². The van der Waals surface area contributed by atoms with Crippen LogP contribution in [0.3, 0.4) is 0 Å². The Morgan fingerprint density at radius 2 is 1.72 bits per heavy atom. The minimum absolute atomic E-state index is 0.209. The van der Waals surface area contributed by atoms with Crippen molar-refractivity contribution in [2.24, 2.45) is 0 Å². The predicted molar refractivity (Wildman–Crippen MR) is 66.1 cm³/mol. The topological polar surface area (TPSA) is 118 Å². The van der Waals surface area contributed by atoms with Crippen LogP contribution in [0.2, 0.25) is 0 Å². The Labute approximate surface area is 111 Å². The Hall–Kier alpha value is -1.31. The van der Waals surface area contributed by atoms with Gasteiger partial charge in [0, 0.05) is 5.33 Å². The van der Waals surface area contributed by atoms with E-state index < -0.39 is 29.7 Å². The van der Waals surface area contributed by atoms with Crippen LogP contribution in [0.25, 0.3) is 0 Å². The Kier molecular flexibility index (Phi) is 4.94. The SMILES string of the molecule is O=C(O)c1cc(O)c(C(O)C(O)CCBr)c(O)c1. The molecule has 0 radical (unpaired) electrons. The third-order valence-electron chi connectivity index (χ3n) is 2.45. The van der Waals surface area contributed by atoms with Crippen LogP contribution in [0.4, 0.5) is 0 Å². The van der Waals surface area contributed by atoms with E-state index in [1.807, 2.05) is 0 Å². The molecular formula is C11H13BrO6. The van der Waals surface area contributed by atoms with Crippen molar-refractivity contribution in [3.8, 4) is 11.5 Å². The molecule has 0 aromatic heterocycles. The van der Waals surface area contributed by atoms with Gasteiger partial charge < -0.3 is 25.5 Å². The van der Waals surface area contributed by atoms with Gasteiger partial charge >= 0.3 is 5.97 Å². The molecule has 0 heterocycles. The van der Waals surface area contributed by atoms with Gasteiger partial charge in [0.2, 0.25) is 0 Å². The zero-order valence-electron chi connectivity index (χ0n) is 9.25. The van der Waals surface area contributed by atoms with Crippen molar-refractivity contribution in [2.45, 2.75) is 18.6 Å². The number of rotatable bonds is 5. The van der Waals surface area contributed by atoms with E-state index in [2.05, 4.69) is 15.9 Å². The molecule has 6 nitrogen and oxygen atoms in total. The number of carboxylic acid groups (broad SMARTS) is 1. The van der Waals surface area contributed by atoms with Crippen LogP contribution in [-0.4, -0.2) is 42.9 Å². The van der Waals surface area contributed by atoms with Gasteiger partial charge in [0.25, 0.3) is 0 Å². The molecule has 0 bridgehead atoms. The predicted octanol–water partition coefficient (Wildman–Crippen LogP) is 0.975. The minimum atomic E-state index is -1.50. The van der Waals surface area contributed by atoms with Crippen LogP contribution in [-0.2, 0) is 0 Å². The Morgan fingerprint density at radius 3 is 2.11 bits per heavy atom. The van der Waals surface area contributed by atoms with Crippen molar-refractivity contribution in [3.05, 3.63) is 23.3 Å². The Balaban J connectivity index is 3.13. The highest BCUT2D eigenvalue weighted by atomic mass is 79.9. The fourth-order valence-corrected chi connectivity index (χ4v) is 1.98. The fraction of sp³-hybridized carbons (Fsp3) is 0.364. The van der Waals surface area contributed by atoms with E-state index in [-0.39, 0.29) is 17.5 Å². The number of carboxylic acids is 1. The molecule has 2 unspecified atom stereocenters. The van der Waals surface area contributed by atoms with Crippen molar-refractivity contribution >= 4 is 21.9 Å². The van der Waals surface area contributed by atoms with Gasteiger partial charge in [-0.25, -0.2) is 4.79 Å². The molecule has 7 heteroatoms. The first-order chi connectivity index (χ1) is 8.38. The highest BCUT2D eigenvalue weighted by Gasteiger charge is 2.25. The second kappa shape index (κ2) is 6.03. The van der Waals surface area contributed by atoms with Crippen molar-refractivity contribution in [1.82, 2.24) is 0 Å². The number of aliphatic hydroxyl groups excluding tert-OH is 2. The van der Waals surface area contributed by atoms with E-state index in [0.29, 0.717) is 5.33 Å². The number of hydrogen-bond acceptors (Lipinski definition) is 5. The zero-order valence-corrected chi connectivity index (χ0v) is 10.8. The van der Waals surface area contributed by atoms with E-state index in [1.165, 1.54) is 0 Å². The molecule has 0 spiro atoms. The molecule has 1 rings (SSSR count). The number of aromatic hydroxyl groups is 2. The molecule has 1 aromatic carbocycles. The fourth-order valence-electron chi connectivity index (χ4n) is 1.51. The monoisotopic (exact) mass is 320 g/mol. The lowest BCUT2D eigenvalue weighted by Gasteiger charge is -2.19. The number of halogens is 1. The van der Waals surface area contributed by atoms with Gasteiger partial charge in [0.1, 0.15) is 17.6 Å². The summed E-state index contributed by atoms with van der Waals surface area (Å²) >= 11 is 3.08. The van der Waals surface area contributed by atoms with Crippen LogP contribution >= 0.6 is 15.9 Å². The molecule has 0 amide bonds. The quantitative estimate of drug-likeness (QED) is 0.516. The van der Waals surface area contributed by atoms with Crippen molar-refractivity contribution < 1.29 is 30.3 Å². The van der Waals surface area contributed by atoms with Crippen LogP contribution in [0.5, 0.6) is 11.5 Å². The third-order valence-corrected chi connectivity index (χ3v) is 2.91. The first-order valence-electron chi connectivity index (χ1n) is 5.09. The second-order valence-electron chi connectivity index (χ2n) is 3.72. The number of carbonyl (C=O) groups is 1. The van der Waals surface area contributed by atoms with E-state index in [9.17, 15) is 25.2 Å². The third kappa shape index (κ3) is 3.12. The highest BCUT2D eigenvalue weighted by molar-refractivity contribution is 9.09. The highest BCUT2D eigenvalue weighted by Crippen LogP contribution is 2.36. The summed E-state index contributed by atoms with van der Waals surface area (Å²) in [5, 5.41) is 47.7. The van der Waals surface area contributed by atoms with Gasteiger partial charge in [-0.3, -0.25) is 0 Å². The molecule has 5 N–H and O–H groups in total.